The number of fused-ring (bicyclic) bond motifs is 1. The monoisotopic (exact) mass is 375 g/mol. The highest BCUT2D eigenvalue weighted by atomic mass is 32.1. The van der Waals surface area contributed by atoms with Crippen LogP contribution in [0.3, 0.4) is 0 Å². The lowest BCUT2D eigenvalue weighted by atomic mass is 10.0. The van der Waals surface area contributed by atoms with Crippen LogP contribution < -0.4 is 0 Å². The number of nitrogens with zero attached hydrogens (tertiary/aromatic N) is 5. The summed E-state index contributed by atoms with van der Waals surface area (Å²) in [5.74, 6) is 0.650. The van der Waals surface area contributed by atoms with Gasteiger partial charge in [0.05, 0.1) is 29.1 Å². The molecule has 1 aromatic carbocycles. The van der Waals surface area contributed by atoms with Crippen molar-refractivity contribution in [1.29, 1.82) is 0 Å². The standard InChI is InChI=1S/C16H17N5O4S/c1-10-17-16-20(18-10)15(22)14(26-16)13(19-6-8-25-9-7-19)11-2-4-12(5-3-11)21(23)24/h2-5,13,22H,6-9H2,1H3. The number of hydrogen-bond donors (Lipinski definition) is 1. The van der Waals surface area contributed by atoms with Gasteiger partial charge in [-0.2, -0.15) is 4.52 Å². The van der Waals surface area contributed by atoms with E-state index in [1.807, 2.05) is 0 Å². The summed E-state index contributed by atoms with van der Waals surface area (Å²) in [7, 11) is 0. The van der Waals surface area contributed by atoms with E-state index in [1.54, 1.807) is 19.1 Å². The highest BCUT2D eigenvalue weighted by Gasteiger charge is 2.30. The van der Waals surface area contributed by atoms with Crippen LogP contribution in [0.5, 0.6) is 5.88 Å². The van der Waals surface area contributed by atoms with Crippen LogP contribution in [0.1, 0.15) is 22.3 Å². The summed E-state index contributed by atoms with van der Waals surface area (Å²) < 4.78 is 6.88. The van der Waals surface area contributed by atoms with Gasteiger partial charge in [-0.25, -0.2) is 4.98 Å². The van der Waals surface area contributed by atoms with E-state index < -0.39 is 4.92 Å². The molecule has 9 nitrogen and oxygen atoms in total. The van der Waals surface area contributed by atoms with E-state index in [9.17, 15) is 15.2 Å². The Balaban J connectivity index is 1.80. The van der Waals surface area contributed by atoms with E-state index in [1.165, 1.54) is 28.0 Å². The largest absolute Gasteiger partial charge is 0.492 e. The van der Waals surface area contributed by atoms with Crippen molar-refractivity contribution >= 4 is 22.0 Å². The summed E-state index contributed by atoms with van der Waals surface area (Å²) in [5.41, 5.74) is 0.908. The molecule has 0 aliphatic carbocycles. The van der Waals surface area contributed by atoms with Crippen LogP contribution >= 0.6 is 11.3 Å². The van der Waals surface area contributed by atoms with Crippen molar-refractivity contribution in [2.75, 3.05) is 26.3 Å². The van der Waals surface area contributed by atoms with E-state index in [0.29, 0.717) is 37.1 Å². The van der Waals surface area contributed by atoms with Gasteiger partial charge in [-0.3, -0.25) is 15.0 Å². The fourth-order valence-corrected chi connectivity index (χ4v) is 4.33. The second-order valence-corrected chi connectivity index (χ2v) is 7.05. The van der Waals surface area contributed by atoms with Gasteiger partial charge in [-0.15, -0.1) is 5.10 Å². The Morgan fingerprint density at radius 1 is 1.31 bits per heavy atom. The summed E-state index contributed by atoms with van der Waals surface area (Å²) in [6.45, 7) is 4.38. The van der Waals surface area contributed by atoms with E-state index in [-0.39, 0.29) is 17.6 Å². The Kier molecular flexibility index (Phi) is 4.31. The zero-order chi connectivity index (χ0) is 18.3. The molecule has 26 heavy (non-hydrogen) atoms. The Bertz CT molecular complexity index is 946. The van der Waals surface area contributed by atoms with Gasteiger partial charge in [0.2, 0.25) is 10.8 Å². The number of non-ortho nitro benzene ring substituents is 1. The molecular formula is C16H17N5O4S. The molecule has 3 aromatic rings. The van der Waals surface area contributed by atoms with Gasteiger partial charge in [0.15, 0.2) is 0 Å². The number of benzene rings is 1. The fourth-order valence-electron chi connectivity index (χ4n) is 3.17. The fraction of sp³-hybridized carbons (Fsp3) is 0.375. The molecule has 1 aliphatic heterocycles. The zero-order valence-corrected chi connectivity index (χ0v) is 14.8. The van der Waals surface area contributed by atoms with Crippen molar-refractivity contribution in [1.82, 2.24) is 19.5 Å². The first-order valence-electron chi connectivity index (χ1n) is 8.16. The first-order valence-corrected chi connectivity index (χ1v) is 8.97. The maximum absolute atomic E-state index is 10.9. The van der Waals surface area contributed by atoms with Gasteiger partial charge in [-0.1, -0.05) is 23.5 Å². The van der Waals surface area contributed by atoms with E-state index in [4.69, 9.17) is 4.74 Å². The summed E-state index contributed by atoms with van der Waals surface area (Å²) in [6, 6.07) is 6.20. The van der Waals surface area contributed by atoms with Crippen LogP contribution in [-0.4, -0.2) is 55.8 Å². The van der Waals surface area contributed by atoms with Crippen LogP contribution in [0.25, 0.3) is 4.96 Å². The molecule has 2 aromatic heterocycles. The van der Waals surface area contributed by atoms with Crippen LogP contribution in [0.15, 0.2) is 24.3 Å². The minimum atomic E-state index is -0.420. The highest BCUT2D eigenvalue weighted by Crippen LogP contribution is 2.40. The third-order valence-electron chi connectivity index (χ3n) is 4.38. The molecule has 1 atom stereocenters. The van der Waals surface area contributed by atoms with Crippen molar-refractivity contribution in [2.45, 2.75) is 13.0 Å². The van der Waals surface area contributed by atoms with Crippen molar-refractivity contribution in [2.24, 2.45) is 0 Å². The Hall–Kier alpha value is -2.56. The Morgan fingerprint density at radius 3 is 2.62 bits per heavy atom. The third kappa shape index (κ3) is 2.91. The highest BCUT2D eigenvalue weighted by molar-refractivity contribution is 7.17. The lowest BCUT2D eigenvalue weighted by Gasteiger charge is -2.34. The van der Waals surface area contributed by atoms with Gasteiger partial charge in [0, 0.05) is 25.2 Å². The number of nitro groups is 1. The summed E-state index contributed by atoms with van der Waals surface area (Å²) in [4.78, 5) is 18.4. The number of hydrogen-bond acceptors (Lipinski definition) is 8. The lowest BCUT2D eigenvalue weighted by Crippen LogP contribution is -2.39. The lowest BCUT2D eigenvalue weighted by molar-refractivity contribution is -0.384. The Morgan fingerprint density at radius 2 is 2.00 bits per heavy atom. The molecule has 1 N–H and O–H groups in total. The summed E-state index contributed by atoms with van der Waals surface area (Å²) in [5, 5.41) is 25.9. The molecule has 4 rings (SSSR count). The van der Waals surface area contributed by atoms with Crippen molar-refractivity contribution in [3.63, 3.8) is 0 Å². The van der Waals surface area contributed by atoms with Gasteiger partial charge in [-0.05, 0) is 12.5 Å². The SMILES string of the molecule is Cc1nc2sc(C(c3ccc([N+](=O)[O-])cc3)N3CCOCC3)c(O)n2n1. The third-order valence-corrected chi connectivity index (χ3v) is 5.46. The van der Waals surface area contributed by atoms with Crippen LogP contribution in [0.4, 0.5) is 5.69 Å². The molecule has 1 saturated heterocycles. The van der Waals surface area contributed by atoms with E-state index in [2.05, 4.69) is 15.0 Å². The molecule has 0 radical (unpaired) electrons. The molecule has 0 amide bonds. The van der Waals surface area contributed by atoms with Gasteiger partial charge >= 0.3 is 0 Å². The predicted molar refractivity (Wildman–Crippen MR) is 94.6 cm³/mol. The van der Waals surface area contributed by atoms with E-state index in [0.717, 1.165) is 10.4 Å². The molecule has 0 saturated carbocycles. The van der Waals surface area contributed by atoms with Crippen LogP contribution in [-0.2, 0) is 4.74 Å². The average molecular weight is 375 g/mol. The molecule has 3 heterocycles. The minimum Gasteiger partial charge on any atom is -0.492 e. The quantitative estimate of drug-likeness (QED) is 0.550. The van der Waals surface area contributed by atoms with Crippen molar-refractivity contribution in [3.05, 3.63) is 50.6 Å². The second kappa shape index (κ2) is 6.63. The minimum absolute atomic E-state index is 0.0389. The van der Waals surface area contributed by atoms with E-state index >= 15 is 0 Å². The average Bonchev–Trinajstić information content (AvgIpc) is 3.14. The number of aryl methyl sites for hydroxylation is 1. The first kappa shape index (κ1) is 16.9. The number of rotatable bonds is 4. The number of aromatic hydroxyl groups is 1. The molecule has 1 unspecified atom stereocenters. The number of aromatic nitrogens is 3. The molecule has 1 fully saturated rings. The number of thiazole rings is 1. The normalized spacial score (nSPS) is 16.8. The summed E-state index contributed by atoms with van der Waals surface area (Å²) in [6.07, 6.45) is 0. The summed E-state index contributed by atoms with van der Waals surface area (Å²) >= 11 is 1.37. The maximum atomic E-state index is 10.9. The molecule has 0 bridgehead atoms. The van der Waals surface area contributed by atoms with Crippen molar-refractivity contribution in [3.8, 4) is 5.88 Å². The van der Waals surface area contributed by atoms with Gasteiger partial charge in [0.1, 0.15) is 5.82 Å². The molecule has 10 heteroatoms. The smallest absolute Gasteiger partial charge is 0.269 e. The van der Waals surface area contributed by atoms with Crippen LogP contribution in [0.2, 0.25) is 0 Å². The molecule has 0 spiro atoms. The first-order chi connectivity index (χ1) is 12.5. The number of nitro benzene ring substituents is 1. The van der Waals surface area contributed by atoms with Crippen LogP contribution in [0, 0.1) is 17.0 Å². The van der Waals surface area contributed by atoms with Gasteiger partial charge < -0.3 is 9.84 Å². The zero-order valence-electron chi connectivity index (χ0n) is 14.0. The second-order valence-electron chi connectivity index (χ2n) is 6.04. The Labute approximate surface area is 152 Å². The molecular weight excluding hydrogens is 358 g/mol. The number of ether oxygens (including phenoxy) is 1. The van der Waals surface area contributed by atoms with Gasteiger partial charge in [0.25, 0.3) is 5.69 Å². The predicted octanol–water partition coefficient (Wildman–Crippen LogP) is 2.13. The topological polar surface area (TPSA) is 106 Å². The molecule has 136 valence electrons. The molecule has 1 aliphatic rings. The van der Waals surface area contributed by atoms with Crippen molar-refractivity contribution < 1.29 is 14.8 Å². The maximum Gasteiger partial charge on any atom is 0.269 e. The number of morpholine rings is 1.